The number of aromatic nitrogens is 4. The van der Waals surface area contributed by atoms with Gasteiger partial charge in [-0.1, -0.05) is 152 Å². The minimum absolute atomic E-state index is 0.489. The van der Waals surface area contributed by atoms with Gasteiger partial charge in [-0.25, -0.2) is 0 Å². The summed E-state index contributed by atoms with van der Waals surface area (Å²) in [7, 11) is 0. The quantitative estimate of drug-likeness (QED) is 0.156. The molecule has 0 aliphatic heterocycles. The largest absolute Gasteiger partial charge is 0.456 e. The van der Waals surface area contributed by atoms with Crippen molar-refractivity contribution in [3.63, 3.8) is 0 Å². The highest BCUT2D eigenvalue weighted by Gasteiger charge is 2.24. The lowest BCUT2D eigenvalue weighted by Crippen LogP contribution is -2.40. The molecule has 15 aromatic rings. The summed E-state index contributed by atoms with van der Waals surface area (Å²) in [5, 5.41) is 19.1. The Kier molecular flexibility index (Phi) is 8.03. The molecule has 0 amide bonds. The fourth-order valence-corrected chi connectivity index (χ4v) is 10.8. The molecule has 0 bridgehead atoms. The van der Waals surface area contributed by atoms with Crippen molar-refractivity contribution < 1.29 is 13.5 Å². The van der Waals surface area contributed by atoms with E-state index >= 15 is 0 Å². The lowest BCUT2D eigenvalue weighted by atomic mass is 10.0. The summed E-state index contributed by atoms with van der Waals surface area (Å²) in [6, 6.07) is 77.7. The minimum atomic E-state index is 0.489. The number of rotatable bonds is 6. The van der Waals surface area contributed by atoms with Crippen molar-refractivity contribution in [2.75, 3.05) is 0 Å². The molecule has 0 saturated carbocycles. The Morgan fingerprint density at radius 2 is 0.986 bits per heavy atom. The SMILES string of the molecule is c1ccc(-c2cccc(C[n+]3[n-]c(-c4ccc5c(oc6cc7ccccc7cc65)c4-n4c5cc6ccccc6cc5c5cc6ccccc6cc54)nc3-c3ccc4c(c3)oc3ccccc34)c2)cc1. The van der Waals surface area contributed by atoms with Crippen LogP contribution in [0.4, 0.5) is 0 Å². The van der Waals surface area contributed by atoms with Gasteiger partial charge in [-0.3, -0.25) is 9.78 Å². The van der Waals surface area contributed by atoms with E-state index in [4.69, 9.17) is 18.9 Å². The summed E-state index contributed by atoms with van der Waals surface area (Å²) in [6.07, 6.45) is 0. The van der Waals surface area contributed by atoms with Crippen LogP contribution in [0.3, 0.4) is 0 Å². The average Bonchev–Trinajstić information content (AvgIpc) is 4.17. The van der Waals surface area contributed by atoms with Crippen molar-refractivity contribution in [1.29, 1.82) is 0 Å². The number of nitrogens with zero attached hydrogens (tertiary/aromatic N) is 4. The summed E-state index contributed by atoms with van der Waals surface area (Å²) >= 11 is 0. The van der Waals surface area contributed by atoms with E-state index < -0.39 is 0 Å². The Hall–Kier alpha value is -9.26. The fraction of sp³-hybridized carbons (Fsp3) is 0.0159. The first-order valence-electron chi connectivity index (χ1n) is 23.4. The molecular weight excluding hydrogens is 845 g/mol. The Bertz CT molecular complexity index is 4500. The normalized spacial score (nSPS) is 12.1. The van der Waals surface area contributed by atoms with Crippen molar-refractivity contribution in [2.24, 2.45) is 0 Å². The molecule has 0 saturated heterocycles. The van der Waals surface area contributed by atoms with E-state index in [9.17, 15) is 0 Å². The Balaban J connectivity index is 1.03. The molecule has 0 aliphatic rings. The Morgan fingerprint density at radius 1 is 0.406 bits per heavy atom. The van der Waals surface area contributed by atoms with E-state index in [-0.39, 0.29) is 0 Å². The van der Waals surface area contributed by atoms with E-state index in [1.807, 2.05) is 12.1 Å². The highest BCUT2D eigenvalue weighted by atomic mass is 16.3. The van der Waals surface area contributed by atoms with Crippen LogP contribution in [0, 0.1) is 0 Å². The molecule has 69 heavy (non-hydrogen) atoms. The highest BCUT2D eigenvalue weighted by Crippen LogP contribution is 2.45. The summed E-state index contributed by atoms with van der Waals surface area (Å²) in [5.41, 5.74) is 11.5. The summed E-state index contributed by atoms with van der Waals surface area (Å²) in [4.78, 5) is 5.58. The zero-order chi connectivity index (χ0) is 45.2. The molecule has 6 nitrogen and oxygen atoms in total. The lowest BCUT2D eigenvalue weighted by Gasteiger charge is -2.16. The van der Waals surface area contributed by atoms with Gasteiger partial charge in [0.25, 0.3) is 0 Å². The summed E-state index contributed by atoms with van der Waals surface area (Å²) < 4.78 is 18.1. The fourth-order valence-electron chi connectivity index (χ4n) is 10.8. The van der Waals surface area contributed by atoms with Crippen LogP contribution in [-0.2, 0) is 6.54 Å². The minimum Gasteiger partial charge on any atom is -0.456 e. The Morgan fingerprint density at radius 3 is 1.71 bits per heavy atom. The molecule has 11 aromatic carbocycles. The first kappa shape index (κ1) is 37.9. The van der Waals surface area contributed by atoms with Crippen molar-refractivity contribution >= 4 is 98.0 Å². The van der Waals surface area contributed by atoms with Gasteiger partial charge in [-0.15, -0.1) is 0 Å². The van der Waals surface area contributed by atoms with E-state index in [1.165, 1.54) is 10.8 Å². The van der Waals surface area contributed by atoms with E-state index in [2.05, 4.69) is 216 Å². The Labute approximate surface area is 394 Å². The third kappa shape index (κ3) is 5.92. The third-order valence-corrected chi connectivity index (χ3v) is 14.1. The topological polar surface area (TPSA) is 62.1 Å². The maximum absolute atomic E-state index is 7.20. The van der Waals surface area contributed by atoms with Crippen LogP contribution in [0.25, 0.3) is 138 Å². The molecule has 6 heteroatoms. The number of hydrogen-bond acceptors (Lipinski definition) is 3. The van der Waals surface area contributed by atoms with E-state index in [0.29, 0.717) is 12.4 Å². The molecule has 0 unspecified atom stereocenters. The van der Waals surface area contributed by atoms with Crippen LogP contribution in [-0.4, -0.2) is 9.55 Å². The van der Waals surface area contributed by atoms with Crippen molar-refractivity contribution in [3.05, 3.63) is 224 Å². The molecule has 0 fully saturated rings. The number of para-hydroxylation sites is 1. The van der Waals surface area contributed by atoms with Gasteiger partial charge < -0.3 is 18.4 Å². The van der Waals surface area contributed by atoms with Crippen LogP contribution in [0.15, 0.2) is 227 Å². The summed E-state index contributed by atoms with van der Waals surface area (Å²) in [6.45, 7) is 0.489. The molecule has 0 spiro atoms. The molecule has 4 aromatic heterocycles. The first-order chi connectivity index (χ1) is 34.1. The number of fused-ring (bicyclic) bond motifs is 12. The second-order valence-corrected chi connectivity index (χ2v) is 18.2. The van der Waals surface area contributed by atoms with Crippen LogP contribution < -0.4 is 9.78 Å². The maximum Gasteiger partial charge on any atom is 0.160 e. The lowest BCUT2D eigenvalue weighted by molar-refractivity contribution is -0.737. The van der Waals surface area contributed by atoms with Crippen LogP contribution in [0.5, 0.6) is 0 Å². The number of hydrogen-bond donors (Lipinski definition) is 0. The predicted molar refractivity (Wildman–Crippen MR) is 281 cm³/mol. The van der Waals surface area contributed by atoms with Crippen molar-refractivity contribution in [1.82, 2.24) is 14.6 Å². The molecule has 0 aliphatic carbocycles. The third-order valence-electron chi connectivity index (χ3n) is 14.1. The van der Waals surface area contributed by atoms with Gasteiger partial charge >= 0.3 is 0 Å². The average molecular weight is 883 g/mol. The number of benzene rings is 11. The van der Waals surface area contributed by atoms with Gasteiger partial charge in [-0.2, -0.15) is 0 Å². The van der Waals surface area contributed by atoms with Gasteiger partial charge in [0.1, 0.15) is 29.1 Å². The van der Waals surface area contributed by atoms with Crippen LogP contribution in [0.1, 0.15) is 5.56 Å². The van der Waals surface area contributed by atoms with Crippen molar-refractivity contribution in [2.45, 2.75) is 6.54 Å². The monoisotopic (exact) mass is 882 g/mol. The molecule has 0 N–H and O–H groups in total. The molecule has 0 radical (unpaired) electrons. The zero-order valence-corrected chi connectivity index (χ0v) is 37.1. The van der Waals surface area contributed by atoms with Gasteiger partial charge in [-0.05, 0) is 122 Å². The van der Waals surface area contributed by atoms with Gasteiger partial charge in [0.15, 0.2) is 5.58 Å². The van der Waals surface area contributed by atoms with Gasteiger partial charge in [0.2, 0.25) is 0 Å². The molecule has 0 atom stereocenters. The number of furan rings is 2. The second-order valence-electron chi connectivity index (χ2n) is 18.2. The first-order valence-corrected chi connectivity index (χ1v) is 23.4. The molecule has 322 valence electrons. The molecular formula is C63H38N4O2. The van der Waals surface area contributed by atoms with Crippen LogP contribution >= 0.6 is 0 Å². The van der Waals surface area contributed by atoms with Gasteiger partial charge in [0.05, 0.1) is 16.7 Å². The smallest absolute Gasteiger partial charge is 0.160 e. The highest BCUT2D eigenvalue weighted by molar-refractivity contribution is 6.19. The maximum atomic E-state index is 7.20. The standard InChI is InChI=1S/C63H38N4O2/c1-2-14-39(15-3-1)40-22-12-13-38(29-40)37-66-63(47-25-26-49-48-23-10-11-24-57(48)68-58(49)36-47)64-62(65-66)51-28-27-50-54-32-43-18-6-9-21-46(43)35-59(54)69-61(50)60(51)67-55-33-44-19-7-4-16-41(44)30-52(55)53-31-42-17-5-8-20-45(42)34-56(53)67/h1-36H,37H2. The van der Waals surface area contributed by atoms with Crippen LogP contribution in [0.2, 0.25) is 0 Å². The van der Waals surface area contributed by atoms with E-state index in [1.54, 1.807) is 0 Å². The second kappa shape index (κ2) is 14.6. The predicted octanol–water partition coefficient (Wildman–Crippen LogP) is 15.7. The van der Waals surface area contributed by atoms with Crippen molar-refractivity contribution in [3.8, 4) is 39.6 Å². The zero-order valence-electron chi connectivity index (χ0n) is 37.1. The molecule has 4 heterocycles. The summed E-state index contributed by atoms with van der Waals surface area (Å²) in [5.74, 6) is 1.33. The van der Waals surface area contributed by atoms with E-state index in [0.717, 1.165) is 127 Å². The molecule has 15 rings (SSSR count). The van der Waals surface area contributed by atoms with Gasteiger partial charge in [0, 0.05) is 43.4 Å².